The van der Waals surface area contributed by atoms with Crippen LogP contribution in [-0.2, 0) is 13.2 Å². The Balaban J connectivity index is 1.37. The van der Waals surface area contributed by atoms with E-state index in [1.807, 2.05) is 29.6 Å². The quantitative estimate of drug-likeness (QED) is 0.308. The molecule has 0 aliphatic carbocycles. The van der Waals surface area contributed by atoms with Crippen LogP contribution in [0, 0.1) is 5.82 Å². The first-order valence-electron chi connectivity index (χ1n) is 9.21. The van der Waals surface area contributed by atoms with E-state index < -0.39 is 0 Å². The van der Waals surface area contributed by atoms with E-state index in [9.17, 15) is 9.18 Å². The number of nitrogens with one attached hydrogen (secondary N) is 1. The van der Waals surface area contributed by atoms with Gasteiger partial charge in [0.1, 0.15) is 23.2 Å². The number of hydrogen-bond donors (Lipinski definition) is 1. The number of ether oxygens (including phenoxy) is 1. The zero-order valence-corrected chi connectivity index (χ0v) is 19.2. The zero-order chi connectivity index (χ0) is 21.8. The number of rotatable bonds is 7. The number of anilines is 1. The van der Waals surface area contributed by atoms with Crippen LogP contribution < -0.4 is 10.1 Å². The monoisotopic (exact) mass is 519 g/mol. The topological polar surface area (TPSA) is 56.2 Å². The molecule has 0 bridgehead atoms. The highest BCUT2D eigenvalue weighted by atomic mass is 79.9. The summed E-state index contributed by atoms with van der Waals surface area (Å²) in [6.45, 7) is 0.763. The lowest BCUT2D eigenvalue weighted by Crippen LogP contribution is -2.11. The second kappa shape index (κ2) is 9.64. The van der Waals surface area contributed by atoms with Crippen LogP contribution in [-0.4, -0.2) is 15.7 Å². The molecule has 9 heteroatoms. The van der Waals surface area contributed by atoms with Crippen LogP contribution in [0.25, 0.3) is 0 Å². The van der Waals surface area contributed by atoms with Crippen molar-refractivity contribution in [2.24, 2.45) is 0 Å². The minimum Gasteiger partial charge on any atom is -0.489 e. The Bertz CT molecular complexity index is 1210. The molecule has 0 radical (unpaired) electrons. The largest absolute Gasteiger partial charge is 0.489 e. The normalized spacial score (nSPS) is 10.8. The molecule has 0 atom stereocenters. The Labute approximate surface area is 195 Å². The summed E-state index contributed by atoms with van der Waals surface area (Å²) in [5, 5.41) is 9.29. The summed E-state index contributed by atoms with van der Waals surface area (Å²) < 4.78 is 21.5. The first-order valence-corrected chi connectivity index (χ1v) is 11.3. The van der Waals surface area contributed by atoms with Crippen LogP contribution in [0.4, 0.5) is 10.2 Å². The Morgan fingerprint density at radius 1 is 1.19 bits per heavy atom. The predicted molar refractivity (Wildman–Crippen MR) is 123 cm³/mol. The molecule has 0 aliphatic rings. The highest BCUT2D eigenvalue weighted by molar-refractivity contribution is 9.10. The van der Waals surface area contributed by atoms with Crippen LogP contribution >= 0.6 is 38.9 Å². The van der Waals surface area contributed by atoms with Gasteiger partial charge in [-0.3, -0.25) is 9.48 Å². The molecule has 4 aromatic rings. The lowest BCUT2D eigenvalue weighted by atomic mass is 10.2. The minimum absolute atomic E-state index is 0.232. The molecule has 0 fully saturated rings. The first kappa shape index (κ1) is 21.5. The molecule has 158 valence electrons. The van der Waals surface area contributed by atoms with Crippen molar-refractivity contribution in [2.45, 2.75) is 13.2 Å². The summed E-state index contributed by atoms with van der Waals surface area (Å²) in [4.78, 5) is 13.1. The lowest BCUT2D eigenvalue weighted by molar-refractivity contribution is 0.103. The third-order valence-electron chi connectivity index (χ3n) is 4.29. The van der Waals surface area contributed by atoms with E-state index in [0.29, 0.717) is 28.0 Å². The molecule has 0 spiro atoms. The van der Waals surface area contributed by atoms with Crippen molar-refractivity contribution in [3.8, 4) is 5.75 Å². The molecule has 1 amide bonds. The molecule has 2 aromatic heterocycles. The highest BCUT2D eigenvalue weighted by Gasteiger charge is 2.15. The number of nitrogens with zero attached hydrogens (tertiary/aromatic N) is 2. The third kappa shape index (κ3) is 5.72. The maximum Gasteiger partial charge on any atom is 0.266 e. The number of amides is 1. The van der Waals surface area contributed by atoms with Gasteiger partial charge in [0, 0.05) is 22.3 Å². The minimum atomic E-state index is -0.362. The molecule has 5 nitrogen and oxygen atoms in total. The van der Waals surface area contributed by atoms with Crippen LogP contribution in [0.3, 0.4) is 0 Å². The summed E-state index contributed by atoms with van der Waals surface area (Å²) in [5.74, 6) is 0.0622. The SMILES string of the molecule is O=C(Nc1nn(Cc2ccc(Br)cc2)cc1Cl)c1cc(COc2cccc(F)c2)cs1. The summed E-state index contributed by atoms with van der Waals surface area (Å²) in [6, 6.07) is 15.5. The summed E-state index contributed by atoms with van der Waals surface area (Å²) in [5.41, 5.74) is 1.87. The molecule has 0 saturated carbocycles. The molecule has 31 heavy (non-hydrogen) atoms. The second-order valence-corrected chi connectivity index (χ2v) is 8.90. The van der Waals surface area contributed by atoms with Crippen molar-refractivity contribution in [2.75, 3.05) is 5.32 Å². The molecular weight excluding hydrogens is 505 g/mol. The number of thiophene rings is 1. The number of benzene rings is 2. The molecule has 4 rings (SSSR count). The number of aromatic nitrogens is 2. The highest BCUT2D eigenvalue weighted by Crippen LogP contribution is 2.23. The Morgan fingerprint density at radius 2 is 2.00 bits per heavy atom. The predicted octanol–water partition coefficient (Wildman–Crippen LogP) is 6.38. The van der Waals surface area contributed by atoms with E-state index in [1.165, 1.54) is 23.5 Å². The lowest BCUT2D eigenvalue weighted by Gasteiger charge is -2.04. The van der Waals surface area contributed by atoms with Crippen LogP contribution in [0.1, 0.15) is 20.8 Å². The van der Waals surface area contributed by atoms with Crippen LogP contribution in [0.5, 0.6) is 5.75 Å². The van der Waals surface area contributed by atoms with Crippen molar-refractivity contribution in [1.29, 1.82) is 0 Å². The molecule has 0 unspecified atom stereocenters. The summed E-state index contributed by atoms with van der Waals surface area (Å²) in [6.07, 6.45) is 1.67. The van der Waals surface area contributed by atoms with Gasteiger partial charge in [0.15, 0.2) is 5.82 Å². The van der Waals surface area contributed by atoms with Gasteiger partial charge in [0.2, 0.25) is 0 Å². The van der Waals surface area contributed by atoms with Crippen molar-refractivity contribution < 1.29 is 13.9 Å². The van der Waals surface area contributed by atoms with Gasteiger partial charge in [-0.25, -0.2) is 4.39 Å². The van der Waals surface area contributed by atoms with Gasteiger partial charge in [-0.15, -0.1) is 11.3 Å². The average Bonchev–Trinajstić information content (AvgIpc) is 3.35. The third-order valence-corrected chi connectivity index (χ3v) is 6.07. The number of hydrogen-bond acceptors (Lipinski definition) is 4. The summed E-state index contributed by atoms with van der Waals surface area (Å²) >= 11 is 10.9. The van der Waals surface area contributed by atoms with Gasteiger partial charge < -0.3 is 10.1 Å². The van der Waals surface area contributed by atoms with Gasteiger partial charge in [-0.1, -0.05) is 45.7 Å². The fourth-order valence-corrected chi connectivity index (χ4v) is 4.06. The smallest absolute Gasteiger partial charge is 0.266 e. The van der Waals surface area contributed by atoms with Gasteiger partial charge in [0.05, 0.1) is 11.4 Å². The molecule has 0 saturated heterocycles. The van der Waals surface area contributed by atoms with E-state index in [0.717, 1.165) is 15.6 Å². The average molecular weight is 521 g/mol. The molecule has 0 aliphatic heterocycles. The van der Waals surface area contributed by atoms with Crippen molar-refractivity contribution >= 4 is 50.6 Å². The molecule has 2 aromatic carbocycles. The number of carbonyl (C=O) groups is 1. The maximum atomic E-state index is 13.2. The number of halogens is 3. The van der Waals surface area contributed by atoms with Gasteiger partial charge in [0.25, 0.3) is 5.91 Å². The van der Waals surface area contributed by atoms with Crippen molar-refractivity contribution in [1.82, 2.24) is 9.78 Å². The van der Waals surface area contributed by atoms with E-state index >= 15 is 0 Å². The van der Waals surface area contributed by atoms with Gasteiger partial charge >= 0.3 is 0 Å². The Hall–Kier alpha value is -2.68. The Morgan fingerprint density at radius 3 is 2.77 bits per heavy atom. The maximum absolute atomic E-state index is 13.2. The molecule has 2 heterocycles. The molecular formula is C22H16BrClFN3O2S. The Kier molecular flexibility index (Phi) is 6.70. The van der Waals surface area contributed by atoms with Gasteiger partial charge in [-0.2, -0.15) is 5.10 Å². The standard InChI is InChI=1S/C22H16BrClFN3O2S/c23-16-6-4-14(5-7-16)10-28-11-19(24)21(27-28)26-22(29)20-8-15(13-31-20)12-30-18-3-1-2-17(25)9-18/h1-9,11,13H,10,12H2,(H,26,27,29). The second-order valence-electron chi connectivity index (χ2n) is 6.67. The van der Waals surface area contributed by atoms with E-state index in [2.05, 4.69) is 26.3 Å². The van der Waals surface area contributed by atoms with Crippen LogP contribution in [0.15, 0.2) is 70.6 Å². The van der Waals surface area contributed by atoms with E-state index in [1.54, 1.807) is 29.1 Å². The van der Waals surface area contributed by atoms with Crippen molar-refractivity contribution in [3.63, 3.8) is 0 Å². The van der Waals surface area contributed by atoms with Crippen molar-refractivity contribution in [3.05, 3.63) is 97.5 Å². The van der Waals surface area contributed by atoms with E-state index in [4.69, 9.17) is 16.3 Å². The zero-order valence-electron chi connectivity index (χ0n) is 16.0. The first-order chi connectivity index (χ1) is 15.0. The number of carbonyl (C=O) groups excluding carboxylic acids is 1. The fourth-order valence-electron chi connectivity index (χ4n) is 2.80. The van der Waals surface area contributed by atoms with Crippen LogP contribution in [0.2, 0.25) is 5.02 Å². The van der Waals surface area contributed by atoms with Gasteiger partial charge in [-0.05, 0) is 41.3 Å². The fraction of sp³-hybridized carbons (Fsp3) is 0.0909. The summed E-state index contributed by atoms with van der Waals surface area (Å²) in [7, 11) is 0. The molecule has 1 N–H and O–H groups in total. The van der Waals surface area contributed by atoms with E-state index in [-0.39, 0.29) is 18.3 Å².